The van der Waals surface area contributed by atoms with Gasteiger partial charge in [0.1, 0.15) is 11.2 Å². The number of furan rings is 1. The Balaban J connectivity index is 1.46. The molecule has 4 heteroatoms. The summed E-state index contributed by atoms with van der Waals surface area (Å²) in [5.41, 5.74) is 5.47. The van der Waals surface area contributed by atoms with Gasteiger partial charge in [0.15, 0.2) is 5.84 Å². The number of hydrogen-bond donors (Lipinski definition) is 2. The van der Waals surface area contributed by atoms with Crippen LogP contribution >= 0.6 is 0 Å². The van der Waals surface area contributed by atoms with Crippen LogP contribution in [0.15, 0.2) is 40.0 Å². The van der Waals surface area contributed by atoms with E-state index in [9.17, 15) is 0 Å². The molecule has 21 heavy (non-hydrogen) atoms. The molecule has 108 valence electrons. The summed E-state index contributed by atoms with van der Waals surface area (Å²) in [7, 11) is 0. The highest BCUT2D eigenvalue weighted by Crippen LogP contribution is 2.47. The average molecular weight is 281 g/mol. The topological polar surface area (TPSA) is 49.6 Å². The van der Waals surface area contributed by atoms with Crippen LogP contribution in [0.2, 0.25) is 0 Å². The molecule has 2 bridgehead atoms. The molecule has 1 spiro atoms. The Morgan fingerprint density at radius 1 is 1.14 bits per heavy atom. The van der Waals surface area contributed by atoms with Crippen LogP contribution in [0.25, 0.3) is 11.0 Å². The molecule has 0 unspecified atom stereocenters. The number of hydrogen-bond acceptors (Lipinski definition) is 4. The molecule has 2 heterocycles. The molecule has 2 N–H and O–H groups in total. The minimum atomic E-state index is 0.00855. The maximum atomic E-state index is 5.50. The van der Waals surface area contributed by atoms with Crippen LogP contribution in [-0.4, -0.2) is 11.5 Å². The number of fused-ring (bicyclic) bond motifs is 3. The highest BCUT2D eigenvalue weighted by molar-refractivity contribution is 6.02. The van der Waals surface area contributed by atoms with Crippen LogP contribution in [0.4, 0.5) is 0 Å². The summed E-state index contributed by atoms with van der Waals surface area (Å²) >= 11 is 0. The van der Waals surface area contributed by atoms with Crippen molar-refractivity contribution in [2.24, 2.45) is 16.9 Å². The van der Waals surface area contributed by atoms with E-state index in [4.69, 9.17) is 4.42 Å². The molecule has 3 saturated carbocycles. The Hall–Kier alpha value is -1.97. The van der Waals surface area contributed by atoms with E-state index >= 15 is 0 Å². The summed E-state index contributed by atoms with van der Waals surface area (Å²) in [6.45, 7) is 0. The fraction of sp³-hybridized carbons (Fsp3) is 0.471. The number of rotatable bonds is 1. The quantitative estimate of drug-likeness (QED) is 0.844. The third-order valence-electron chi connectivity index (χ3n) is 5.59. The molecule has 2 aromatic rings. The van der Waals surface area contributed by atoms with Crippen molar-refractivity contribution < 1.29 is 4.42 Å². The molecule has 4 aliphatic rings. The third-order valence-corrected chi connectivity index (χ3v) is 5.59. The van der Waals surface area contributed by atoms with Crippen LogP contribution < -0.4 is 10.7 Å². The van der Waals surface area contributed by atoms with Crippen molar-refractivity contribution in [3.63, 3.8) is 0 Å². The van der Waals surface area contributed by atoms with Gasteiger partial charge in [0.2, 0.25) is 0 Å². The Morgan fingerprint density at radius 2 is 2.05 bits per heavy atom. The van der Waals surface area contributed by atoms with Crippen molar-refractivity contribution in [2.45, 2.75) is 37.8 Å². The lowest BCUT2D eigenvalue weighted by Gasteiger charge is -2.49. The van der Waals surface area contributed by atoms with Gasteiger partial charge in [0, 0.05) is 16.9 Å². The van der Waals surface area contributed by atoms with Crippen LogP contribution in [-0.2, 0) is 0 Å². The predicted molar refractivity (Wildman–Crippen MR) is 81.8 cm³/mol. The molecule has 4 nitrogen and oxygen atoms in total. The molecular weight excluding hydrogens is 262 g/mol. The molecule has 0 saturated heterocycles. The first-order valence-electron chi connectivity index (χ1n) is 7.93. The summed E-state index contributed by atoms with van der Waals surface area (Å²) in [4.78, 5) is 0. The summed E-state index contributed by atoms with van der Waals surface area (Å²) in [5, 5.41) is 9.45. The molecule has 3 aliphatic carbocycles. The van der Waals surface area contributed by atoms with E-state index in [2.05, 4.69) is 34.0 Å². The minimum absolute atomic E-state index is 0.00855. The van der Waals surface area contributed by atoms with Gasteiger partial charge in [-0.25, -0.2) is 0 Å². The van der Waals surface area contributed by atoms with Gasteiger partial charge >= 0.3 is 0 Å². The van der Waals surface area contributed by atoms with E-state index in [1.54, 1.807) is 6.26 Å². The van der Waals surface area contributed by atoms with Crippen LogP contribution in [0, 0.1) is 11.8 Å². The molecule has 1 aliphatic heterocycles. The number of nitrogens with zero attached hydrogens (tertiary/aromatic N) is 1. The van der Waals surface area contributed by atoms with Crippen LogP contribution in [0.1, 0.15) is 37.7 Å². The first kappa shape index (κ1) is 11.7. The molecule has 1 atom stereocenters. The van der Waals surface area contributed by atoms with Gasteiger partial charge in [0.25, 0.3) is 0 Å². The largest absolute Gasteiger partial charge is 0.464 e. The van der Waals surface area contributed by atoms with E-state index in [0.29, 0.717) is 5.92 Å². The van der Waals surface area contributed by atoms with E-state index in [-0.39, 0.29) is 5.66 Å². The van der Waals surface area contributed by atoms with Gasteiger partial charge in [-0.15, -0.1) is 0 Å². The minimum Gasteiger partial charge on any atom is -0.464 e. The van der Waals surface area contributed by atoms with E-state index in [1.165, 1.54) is 32.1 Å². The summed E-state index contributed by atoms with van der Waals surface area (Å²) in [5.74, 6) is 2.52. The number of nitrogens with one attached hydrogen (secondary N) is 2. The highest BCUT2D eigenvalue weighted by atomic mass is 16.3. The van der Waals surface area contributed by atoms with Crippen molar-refractivity contribution in [3.8, 4) is 0 Å². The maximum absolute atomic E-state index is 5.50. The van der Waals surface area contributed by atoms with Gasteiger partial charge in [-0.2, -0.15) is 5.10 Å². The zero-order chi connectivity index (χ0) is 13.9. The highest BCUT2D eigenvalue weighted by Gasteiger charge is 2.50. The standard InChI is InChI=1S/C17H19N3O/c1-5-14-6-2-11(1)10-17(14)18-16(19-20-17)13-4-3-12-7-8-21-15(12)9-13/h3-4,7-9,11,14,20H,1-2,5-6,10H2,(H,18,19)/t11?,14?,17-/m0/s1. The van der Waals surface area contributed by atoms with Crippen LogP contribution in [0.5, 0.6) is 0 Å². The SMILES string of the molecule is c1cc2ccc(C3=NN[C@]4(CC5CCC4CC5)N3)cc2o1. The van der Waals surface area contributed by atoms with Gasteiger partial charge in [-0.05, 0) is 50.2 Å². The second kappa shape index (κ2) is 4.03. The fourth-order valence-corrected chi connectivity index (χ4v) is 4.43. The Bertz CT molecular complexity index is 726. The molecule has 3 fully saturated rings. The Morgan fingerprint density at radius 3 is 2.86 bits per heavy atom. The Kier molecular flexibility index (Phi) is 2.24. The predicted octanol–water partition coefficient (Wildman–Crippen LogP) is 3.19. The molecule has 1 aromatic carbocycles. The molecule has 6 rings (SSSR count). The third kappa shape index (κ3) is 1.65. The average Bonchev–Trinajstić information content (AvgIpc) is 3.15. The zero-order valence-electron chi connectivity index (χ0n) is 11.9. The van der Waals surface area contributed by atoms with Crippen molar-refractivity contribution in [3.05, 3.63) is 36.1 Å². The zero-order valence-corrected chi connectivity index (χ0v) is 11.9. The molecule has 0 amide bonds. The normalized spacial score (nSPS) is 34.0. The van der Waals surface area contributed by atoms with Gasteiger partial charge in [-0.1, -0.05) is 12.1 Å². The second-order valence-corrected chi connectivity index (χ2v) is 6.76. The molecule has 0 radical (unpaired) electrons. The maximum Gasteiger partial charge on any atom is 0.155 e. The summed E-state index contributed by atoms with van der Waals surface area (Å²) in [6, 6.07) is 8.27. The lowest BCUT2D eigenvalue weighted by molar-refractivity contribution is 0.0394. The summed E-state index contributed by atoms with van der Waals surface area (Å²) < 4.78 is 5.50. The first-order valence-corrected chi connectivity index (χ1v) is 7.93. The smallest absolute Gasteiger partial charge is 0.155 e. The summed E-state index contributed by atoms with van der Waals surface area (Å²) in [6.07, 6.45) is 8.37. The van der Waals surface area contributed by atoms with Crippen molar-refractivity contribution in [2.75, 3.05) is 0 Å². The molecular formula is C17H19N3O. The fourth-order valence-electron chi connectivity index (χ4n) is 4.43. The molecule has 1 aromatic heterocycles. The van der Waals surface area contributed by atoms with Crippen molar-refractivity contribution in [1.29, 1.82) is 0 Å². The number of amidine groups is 1. The lowest BCUT2D eigenvalue weighted by atomic mass is 9.64. The van der Waals surface area contributed by atoms with Gasteiger partial charge in [0.05, 0.1) is 6.26 Å². The first-order chi connectivity index (χ1) is 10.3. The second-order valence-electron chi connectivity index (χ2n) is 6.76. The lowest BCUT2D eigenvalue weighted by Crippen LogP contribution is -2.62. The van der Waals surface area contributed by atoms with Crippen molar-refractivity contribution >= 4 is 16.8 Å². The number of hydrazone groups is 1. The van der Waals surface area contributed by atoms with Gasteiger partial charge < -0.3 is 9.73 Å². The van der Waals surface area contributed by atoms with Gasteiger partial charge in [-0.3, -0.25) is 5.43 Å². The van der Waals surface area contributed by atoms with E-state index < -0.39 is 0 Å². The van der Waals surface area contributed by atoms with Crippen LogP contribution in [0.3, 0.4) is 0 Å². The van der Waals surface area contributed by atoms with E-state index in [0.717, 1.165) is 28.3 Å². The monoisotopic (exact) mass is 281 g/mol. The van der Waals surface area contributed by atoms with Crippen molar-refractivity contribution in [1.82, 2.24) is 10.7 Å². The number of benzene rings is 1. The Labute approximate surface area is 123 Å². The van der Waals surface area contributed by atoms with E-state index in [1.807, 2.05) is 6.07 Å².